The fraction of sp³-hybridized carbons (Fsp3) is 0.250. The number of alkyl halides is 3. The molecule has 0 heterocycles. The Hall–Kier alpha value is -0.260. The Balaban J connectivity index is 3.46. The number of benzene rings is 1. The Morgan fingerprint density at radius 3 is 2.29 bits per heavy atom. The van der Waals surface area contributed by atoms with Gasteiger partial charge in [0.15, 0.2) is 0 Å². The van der Waals surface area contributed by atoms with E-state index in [4.69, 9.17) is 17.3 Å². The predicted molar refractivity (Wildman–Crippen MR) is 52.0 cm³/mol. The van der Waals surface area contributed by atoms with Gasteiger partial charge in [0.1, 0.15) is 0 Å². The maximum absolute atomic E-state index is 12.5. The summed E-state index contributed by atoms with van der Waals surface area (Å²) >= 11 is 8.46. The summed E-state index contributed by atoms with van der Waals surface area (Å²) in [6.45, 7) is -0.212. The number of nitrogens with two attached hydrogens (primary N) is 1. The lowest BCUT2D eigenvalue weighted by atomic mass is 10.1. The van der Waals surface area contributed by atoms with Crippen molar-refractivity contribution in [3.8, 4) is 0 Å². The smallest absolute Gasteiger partial charge is 0.326 e. The van der Waals surface area contributed by atoms with E-state index < -0.39 is 11.7 Å². The molecule has 1 aromatic carbocycles. The molecule has 0 aliphatic rings. The monoisotopic (exact) mass is 287 g/mol. The second-order valence-electron chi connectivity index (χ2n) is 2.58. The summed E-state index contributed by atoms with van der Waals surface area (Å²) in [5.41, 5.74) is 4.34. The molecule has 1 rings (SSSR count). The number of hydrogen-bond acceptors (Lipinski definition) is 1. The molecule has 0 saturated heterocycles. The van der Waals surface area contributed by atoms with Crippen LogP contribution in [0.1, 0.15) is 11.1 Å². The highest BCUT2D eigenvalue weighted by molar-refractivity contribution is 9.10. The molecule has 0 amide bonds. The van der Waals surface area contributed by atoms with Crippen molar-refractivity contribution in [1.82, 2.24) is 0 Å². The second kappa shape index (κ2) is 4.08. The third kappa shape index (κ3) is 2.21. The molecule has 1 nitrogen and oxygen atoms in total. The summed E-state index contributed by atoms with van der Waals surface area (Å²) in [4.78, 5) is 0. The minimum Gasteiger partial charge on any atom is -0.326 e. The molecular formula is C8H6BrClF3N. The van der Waals surface area contributed by atoms with Gasteiger partial charge in [-0.15, -0.1) is 0 Å². The molecular weight excluding hydrogens is 282 g/mol. The van der Waals surface area contributed by atoms with E-state index >= 15 is 0 Å². The third-order valence-electron chi connectivity index (χ3n) is 1.69. The Kier molecular flexibility index (Phi) is 3.44. The third-order valence-corrected chi connectivity index (χ3v) is 2.75. The van der Waals surface area contributed by atoms with Crippen LogP contribution in [-0.2, 0) is 12.7 Å². The van der Waals surface area contributed by atoms with Crippen LogP contribution in [0.15, 0.2) is 16.6 Å². The van der Waals surface area contributed by atoms with Crippen LogP contribution in [-0.4, -0.2) is 0 Å². The van der Waals surface area contributed by atoms with Gasteiger partial charge in [-0.1, -0.05) is 27.5 Å². The molecule has 0 atom stereocenters. The van der Waals surface area contributed by atoms with E-state index in [0.717, 1.165) is 0 Å². The van der Waals surface area contributed by atoms with Gasteiger partial charge < -0.3 is 5.73 Å². The van der Waals surface area contributed by atoms with E-state index in [1.54, 1.807) is 0 Å². The second-order valence-corrected chi connectivity index (χ2v) is 3.85. The van der Waals surface area contributed by atoms with Gasteiger partial charge in [0.05, 0.1) is 10.6 Å². The lowest BCUT2D eigenvalue weighted by molar-refractivity contribution is -0.138. The highest BCUT2D eigenvalue weighted by Crippen LogP contribution is 2.39. The lowest BCUT2D eigenvalue weighted by Gasteiger charge is -2.14. The van der Waals surface area contributed by atoms with Crippen LogP contribution in [0, 0.1) is 0 Å². The molecule has 0 aliphatic heterocycles. The molecule has 0 saturated carbocycles. The van der Waals surface area contributed by atoms with Gasteiger partial charge in [0.25, 0.3) is 0 Å². The molecule has 0 fully saturated rings. The van der Waals surface area contributed by atoms with Crippen LogP contribution in [0.25, 0.3) is 0 Å². The molecule has 0 radical (unpaired) electrons. The first-order valence-electron chi connectivity index (χ1n) is 3.62. The largest absolute Gasteiger partial charge is 0.418 e. The zero-order valence-corrected chi connectivity index (χ0v) is 9.17. The molecule has 2 N–H and O–H groups in total. The maximum atomic E-state index is 12.5. The van der Waals surface area contributed by atoms with Crippen molar-refractivity contribution in [3.05, 3.63) is 32.8 Å². The van der Waals surface area contributed by atoms with Crippen LogP contribution in [0.5, 0.6) is 0 Å². The van der Waals surface area contributed by atoms with E-state index in [9.17, 15) is 13.2 Å². The first kappa shape index (κ1) is 11.8. The van der Waals surface area contributed by atoms with Crippen LogP contribution in [0.3, 0.4) is 0 Å². The van der Waals surface area contributed by atoms with Gasteiger partial charge in [0.2, 0.25) is 0 Å². The van der Waals surface area contributed by atoms with E-state index in [-0.39, 0.29) is 17.1 Å². The van der Waals surface area contributed by atoms with E-state index in [0.29, 0.717) is 4.47 Å². The summed E-state index contributed by atoms with van der Waals surface area (Å²) in [5, 5.41) is -0.332. The number of halogens is 5. The predicted octanol–water partition coefficient (Wildman–Crippen LogP) is 3.58. The SMILES string of the molecule is NCc1c(Br)ccc(Cl)c1C(F)(F)F. The van der Waals surface area contributed by atoms with Crippen molar-refractivity contribution in [2.45, 2.75) is 12.7 Å². The Labute approximate surface area is 92.2 Å². The van der Waals surface area contributed by atoms with Crippen molar-refractivity contribution in [2.24, 2.45) is 5.73 Å². The molecule has 0 bridgehead atoms. The molecule has 0 unspecified atom stereocenters. The highest BCUT2D eigenvalue weighted by atomic mass is 79.9. The molecule has 0 aliphatic carbocycles. The van der Waals surface area contributed by atoms with E-state index in [2.05, 4.69) is 15.9 Å². The molecule has 0 spiro atoms. The van der Waals surface area contributed by atoms with Crippen LogP contribution < -0.4 is 5.73 Å². The standard InChI is InChI=1S/C8H6BrClF3N/c9-5-1-2-6(10)7(4(5)3-14)8(11,12)13/h1-2H,3,14H2. The first-order valence-corrected chi connectivity index (χ1v) is 4.79. The zero-order chi connectivity index (χ0) is 10.9. The van der Waals surface area contributed by atoms with E-state index in [1.165, 1.54) is 12.1 Å². The molecule has 1 aromatic rings. The number of hydrogen-bond donors (Lipinski definition) is 1. The molecule has 6 heteroatoms. The fourth-order valence-corrected chi connectivity index (χ4v) is 1.88. The van der Waals surface area contributed by atoms with Crippen molar-refractivity contribution < 1.29 is 13.2 Å². The summed E-state index contributed by atoms with van der Waals surface area (Å²) in [7, 11) is 0. The number of rotatable bonds is 1. The lowest BCUT2D eigenvalue weighted by Crippen LogP contribution is -2.13. The zero-order valence-electron chi connectivity index (χ0n) is 6.83. The summed E-state index contributed by atoms with van der Waals surface area (Å²) in [6.07, 6.45) is -4.48. The molecule has 78 valence electrons. The van der Waals surface area contributed by atoms with Gasteiger partial charge >= 0.3 is 6.18 Å². The van der Waals surface area contributed by atoms with Crippen molar-refractivity contribution >= 4 is 27.5 Å². The van der Waals surface area contributed by atoms with Gasteiger partial charge in [-0.25, -0.2) is 0 Å². The van der Waals surface area contributed by atoms with Crippen LogP contribution in [0.4, 0.5) is 13.2 Å². The first-order chi connectivity index (χ1) is 6.38. The van der Waals surface area contributed by atoms with Crippen molar-refractivity contribution in [1.29, 1.82) is 0 Å². The van der Waals surface area contributed by atoms with Gasteiger partial charge in [-0.2, -0.15) is 13.2 Å². The van der Waals surface area contributed by atoms with E-state index in [1.807, 2.05) is 0 Å². The average Bonchev–Trinajstić information content (AvgIpc) is 2.06. The van der Waals surface area contributed by atoms with Crippen molar-refractivity contribution in [2.75, 3.05) is 0 Å². The topological polar surface area (TPSA) is 26.0 Å². The molecule has 0 aromatic heterocycles. The van der Waals surface area contributed by atoms with Gasteiger partial charge in [0, 0.05) is 11.0 Å². The minimum absolute atomic E-state index is 0.0231. The highest BCUT2D eigenvalue weighted by Gasteiger charge is 2.36. The Bertz CT molecular complexity index is 351. The minimum atomic E-state index is -4.48. The maximum Gasteiger partial charge on any atom is 0.418 e. The van der Waals surface area contributed by atoms with Gasteiger partial charge in [-0.3, -0.25) is 0 Å². The summed E-state index contributed by atoms with van der Waals surface area (Å²) in [5.74, 6) is 0. The van der Waals surface area contributed by atoms with Gasteiger partial charge in [-0.05, 0) is 17.7 Å². The van der Waals surface area contributed by atoms with Crippen molar-refractivity contribution in [3.63, 3.8) is 0 Å². The fourth-order valence-electron chi connectivity index (χ4n) is 1.10. The quantitative estimate of drug-likeness (QED) is 0.840. The Morgan fingerprint density at radius 2 is 1.93 bits per heavy atom. The average molecular weight is 288 g/mol. The Morgan fingerprint density at radius 1 is 1.36 bits per heavy atom. The molecule has 14 heavy (non-hydrogen) atoms. The summed E-state index contributed by atoms with van der Waals surface area (Å²) in [6, 6.07) is 2.63. The normalized spacial score (nSPS) is 11.9. The summed E-state index contributed by atoms with van der Waals surface area (Å²) < 4.78 is 37.9. The van der Waals surface area contributed by atoms with Crippen LogP contribution in [0.2, 0.25) is 5.02 Å². The van der Waals surface area contributed by atoms with Crippen LogP contribution >= 0.6 is 27.5 Å².